The van der Waals surface area contributed by atoms with Crippen LogP contribution in [0.3, 0.4) is 0 Å². The van der Waals surface area contributed by atoms with E-state index in [4.69, 9.17) is 4.74 Å². The van der Waals surface area contributed by atoms with Crippen molar-refractivity contribution in [3.63, 3.8) is 0 Å². The number of nitrogens with zero attached hydrogens (tertiary/aromatic N) is 1. The van der Waals surface area contributed by atoms with Crippen LogP contribution in [0.1, 0.15) is 12.5 Å². The van der Waals surface area contributed by atoms with Crippen LogP contribution in [0.4, 0.5) is 5.69 Å². The summed E-state index contributed by atoms with van der Waals surface area (Å²) in [5.41, 5.74) is 1.82. The van der Waals surface area contributed by atoms with Crippen molar-refractivity contribution in [1.82, 2.24) is 0 Å². The average molecular weight is 255 g/mol. The Kier molecular flexibility index (Phi) is 3.03. The first-order chi connectivity index (χ1) is 7.91. The van der Waals surface area contributed by atoms with Gasteiger partial charge in [0, 0.05) is 6.54 Å². The Morgan fingerprint density at radius 1 is 1.41 bits per heavy atom. The topological polar surface area (TPSA) is 46.6 Å². The minimum Gasteiger partial charge on any atom is -0.497 e. The molecule has 0 spiro atoms. The van der Waals surface area contributed by atoms with E-state index in [0.29, 0.717) is 12.5 Å². The largest absolute Gasteiger partial charge is 0.497 e. The number of hydrogen-bond acceptors (Lipinski definition) is 3. The van der Waals surface area contributed by atoms with Crippen LogP contribution in [0.25, 0.3) is 0 Å². The molecule has 1 aliphatic rings. The van der Waals surface area contributed by atoms with Crippen molar-refractivity contribution in [1.29, 1.82) is 0 Å². The molecule has 17 heavy (non-hydrogen) atoms. The number of methoxy groups -OCH3 is 1. The van der Waals surface area contributed by atoms with E-state index in [1.165, 1.54) is 10.6 Å². The van der Waals surface area contributed by atoms with Gasteiger partial charge in [0.25, 0.3) is 0 Å². The van der Waals surface area contributed by atoms with Crippen LogP contribution >= 0.6 is 0 Å². The maximum Gasteiger partial charge on any atom is 0.232 e. The van der Waals surface area contributed by atoms with E-state index in [9.17, 15) is 8.42 Å². The van der Waals surface area contributed by atoms with Crippen LogP contribution in [0, 0.1) is 5.92 Å². The summed E-state index contributed by atoms with van der Waals surface area (Å²) < 4.78 is 30.1. The molecule has 0 amide bonds. The van der Waals surface area contributed by atoms with E-state index in [2.05, 4.69) is 6.92 Å². The molecular weight excluding hydrogens is 238 g/mol. The van der Waals surface area contributed by atoms with Crippen LogP contribution in [0.15, 0.2) is 18.2 Å². The van der Waals surface area contributed by atoms with Gasteiger partial charge in [0.2, 0.25) is 10.0 Å². The summed E-state index contributed by atoms with van der Waals surface area (Å²) in [6.07, 6.45) is 2.14. The lowest BCUT2D eigenvalue weighted by molar-refractivity contribution is 0.413. The van der Waals surface area contributed by atoms with Gasteiger partial charge in [-0.25, -0.2) is 8.42 Å². The zero-order valence-corrected chi connectivity index (χ0v) is 11.1. The van der Waals surface area contributed by atoms with Gasteiger partial charge in [0.1, 0.15) is 5.75 Å². The lowest BCUT2D eigenvalue weighted by Gasteiger charge is -2.33. The molecule has 5 heteroatoms. The van der Waals surface area contributed by atoms with Crippen molar-refractivity contribution < 1.29 is 13.2 Å². The van der Waals surface area contributed by atoms with E-state index in [1.54, 1.807) is 13.2 Å². The molecule has 0 aliphatic carbocycles. The van der Waals surface area contributed by atoms with Gasteiger partial charge >= 0.3 is 0 Å². The van der Waals surface area contributed by atoms with Gasteiger partial charge in [-0.05, 0) is 36.1 Å². The van der Waals surface area contributed by atoms with Crippen molar-refractivity contribution >= 4 is 15.7 Å². The summed E-state index contributed by atoms with van der Waals surface area (Å²) in [6, 6.07) is 5.54. The first-order valence-corrected chi connectivity index (χ1v) is 7.41. The second-order valence-electron chi connectivity index (χ2n) is 4.60. The minimum absolute atomic E-state index is 0.323. The van der Waals surface area contributed by atoms with E-state index in [0.717, 1.165) is 23.4 Å². The Morgan fingerprint density at radius 2 is 2.12 bits per heavy atom. The highest BCUT2D eigenvalue weighted by molar-refractivity contribution is 7.92. The van der Waals surface area contributed by atoms with Crippen molar-refractivity contribution in [2.24, 2.45) is 5.92 Å². The summed E-state index contributed by atoms with van der Waals surface area (Å²) in [7, 11) is -1.59. The van der Waals surface area contributed by atoms with E-state index in [1.807, 2.05) is 12.1 Å². The highest BCUT2D eigenvalue weighted by Crippen LogP contribution is 2.33. The molecule has 2 rings (SSSR count). The molecule has 0 N–H and O–H groups in total. The van der Waals surface area contributed by atoms with Crippen LogP contribution < -0.4 is 9.04 Å². The van der Waals surface area contributed by atoms with Gasteiger partial charge in [-0.1, -0.05) is 6.92 Å². The Hall–Kier alpha value is -1.23. The third-order valence-electron chi connectivity index (χ3n) is 3.00. The van der Waals surface area contributed by atoms with Gasteiger partial charge in [-0.15, -0.1) is 0 Å². The Morgan fingerprint density at radius 3 is 2.71 bits per heavy atom. The number of fused-ring (bicyclic) bond motifs is 1. The molecule has 0 radical (unpaired) electrons. The van der Waals surface area contributed by atoms with Crippen molar-refractivity contribution in [2.45, 2.75) is 13.3 Å². The Balaban J connectivity index is 2.51. The maximum absolute atomic E-state index is 11.7. The average Bonchev–Trinajstić information content (AvgIpc) is 2.25. The summed E-state index contributed by atoms with van der Waals surface area (Å²) in [5.74, 6) is 1.09. The van der Waals surface area contributed by atoms with Gasteiger partial charge in [0.15, 0.2) is 0 Å². The molecule has 1 atom stereocenters. The molecule has 0 fully saturated rings. The number of rotatable bonds is 2. The second kappa shape index (κ2) is 4.22. The highest BCUT2D eigenvalue weighted by atomic mass is 32.2. The number of anilines is 1. The normalized spacial score (nSPS) is 19.9. The van der Waals surface area contributed by atoms with E-state index in [-0.39, 0.29) is 0 Å². The van der Waals surface area contributed by atoms with E-state index < -0.39 is 10.0 Å². The number of benzene rings is 1. The SMILES string of the molecule is COc1ccc2c(c1)CC(C)CN2S(C)(=O)=O. The van der Waals surface area contributed by atoms with Gasteiger partial charge in [-0.2, -0.15) is 0 Å². The van der Waals surface area contributed by atoms with Gasteiger partial charge in [-0.3, -0.25) is 4.31 Å². The fourth-order valence-electron chi connectivity index (χ4n) is 2.23. The summed E-state index contributed by atoms with van der Waals surface area (Å²) in [4.78, 5) is 0. The predicted octanol–water partition coefficient (Wildman–Crippen LogP) is 1.65. The standard InChI is InChI=1S/C12H17NO3S/c1-9-6-10-7-11(16-2)4-5-12(10)13(8-9)17(3,14)15/h4-5,7,9H,6,8H2,1-3H3. The minimum atomic E-state index is -3.20. The molecular formula is C12H17NO3S. The van der Waals surface area contributed by atoms with Crippen molar-refractivity contribution in [3.8, 4) is 5.75 Å². The molecule has 1 heterocycles. The number of hydrogen-bond donors (Lipinski definition) is 0. The quantitative estimate of drug-likeness (QED) is 0.807. The lowest BCUT2D eigenvalue weighted by Crippen LogP contribution is -2.38. The third kappa shape index (κ3) is 2.39. The molecule has 1 aromatic carbocycles. The smallest absolute Gasteiger partial charge is 0.232 e. The summed E-state index contributed by atoms with van der Waals surface area (Å²) in [6.45, 7) is 2.61. The molecule has 1 unspecified atom stereocenters. The highest BCUT2D eigenvalue weighted by Gasteiger charge is 2.27. The Labute approximate surface area is 102 Å². The maximum atomic E-state index is 11.7. The first kappa shape index (κ1) is 12.2. The molecule has 94 valence electrons. The first-order valence-electron chi connectivity index (χ1n) is 5.56. The fraction of sp³-hybridized carbons (Fsp3) is 0.500. The van der Waals surface area contributed by atoms with E-state index >= 15 is 0 Å². The van der Waals surface area contributed by atoms with Gasteiger partial charge in [0.05, 0.1) is 19.1 Å². The summed E-state index contributed by atoms with van der Waals surface area (Å²) in [5, 5.41) is 0. The predicted molar refractivity (Wildman–Crippen MR) is 68.1 cm³/mol. The van der Waals surface area contributed by atoms with Crippen molar-refractivity contribution in [3.05, 3.63) is 23.8 Å². The van der Waals surface area contributed by atoms with Crippen molar-refractivity contribution in [2.75, 3.05) is 24.2 Å². The molecule has 0 aromatic heterocycles. The monoisotopic (exact) mass is 255 g/mol. The second-order valence-corrected chi connectivity index (χ2v) is 6.50. The van der Waals surface area contributed by atoms with Crippen LogP contribution in [-0.4, -0.2) is 28.3 Å². The molecule has 0 saturated heterocycles. The molecule has 4 nitrogen and oxygen atoms in total. The van der Waals surface area contributed by atoms with Crippen LogP contribution in [-0.2, 0) is 16.4 Å². The summed E-state index contributed by atoms with van der Waals surface area (Å²) >= 11 is 0. The molecule has 1 aromatic rings. The Bertz CT molecular complexity index is 525. The zero-order valence-electron chi connectivity index (χ0n) is 10.3. The lowest BCUT2D eigenvalue weighted by atomic mass is 9.95. The van der Waals surface area contributed by atoms with Crippen LogP contribution in [0.2, 0.25) is 0 Å². The fourth-order valence-corrected chi connectivity index (χ4v) is 3.29. The number of sulfonamides is 1. The zero-order chi connectivity index (χ0) is 12.6. The van der Waals surface area contributed by atoms with Crippen LogP contribution in [0.5, 0.6) is 5.75 Å². The molecule has 1 aliphatic heterocycles. The third-order valence-corrected chi connectivity index (χ3v) is 4.15. The number of ether oxygens (including phenoxy) is 1. The molecule has 0 saturated carbocycles. The molecule has 0 bridgehead atoms. The van der Waals surface area contributed by atoms with Gasteiger partial charge < -0.3 is 4.74 Å².